The lowest BCUT2D eigenvalue weighted by Gasteiger charge is -2.18. The molecule has 1 aromatic heterocycles. The van der Waals surface area contributed by atoms with Gasteiger partial charge in [0.05, 0.1) is 0 Å². The summed E-state index contributed by atoms with van der Waals surface area (Å²) in [5.41, 5.74) is 1.24. The van der Waals surface area contributed by atoms with Crippen LogP contribution in [0, 0.1) is 6.92 Å². The van der Waals surface area contributed by atoms with Crippen LogP contribution in [0.5, 0.6) is 0 Å². The first kappa shape index (κ1) is 11.0. The second kappa shape index (κ2) is 4.96. The zero-order valence-corrected chi connectivity index (χ0v) is 9.41. The highest BCUT2D eigenvalue weighted by atomic mass is 15.1. The van der Waals surface area contributed by atoms with E-state index in [1.54, 1.807) is 0 Å². The first-order chi connectivity index (χ1) is 6.58. The van der Waals surface area contributed by atoms with Gasteiger partial charge in [-0.25, -0.2) is 4.98 Å². The van der Waals surface area contributed by atoms with E-state index < -0.39 is 0 Å². The molecular formula is C11H19N3. The van der Waals surface area contributed by atoms with E-state index in [9.17, 15) is 0 Å². The van der Waals surface area contributed by atoms with Crippen LogP contribution in [-0.2, 0) is 0 Å². The van der Waals surface area contributed by atoms with Crippen LogP contribution in [0.4, 0.5) is 5.82 Å². The van der Waals surface area contributed by atoms with Gasteiger partial charge in [-0.15, -0.1) is 0 Å². The number of aromatic nitrogens is 1. The molecule has 0 fully saturated rings. The van der Waals surface area contributed by atoms with Gasteiger partial charge in [0, 0.05) is 18.8 Å². The van der Waals surface area contributed by atoms with Crippen molar-refractivity contribution in [3.05, 3.63) is 23.9 Å². The van der Waals surface area contributed by atoms with Crippen LogP contribution in [0.2, 0.25) is 0 Å². The Morgan fingerprint density at radius 2 is 2.21 bits per heavy atom. The van der Waals surface area contributed by atoms with Gasteiger partial charge in [0.1, 0.15) is 5.82 Å². The number of nitrogens with one attached hydrogen (secondary N) is 1. The van der Waals surface area contributed by atoms with E-state index in [0.717, 1.165) is 12.4 Å². The highest BCUT2D eigenvalue weighted by Crippen LogP contribution is 2.06. The summed E-state index contributed by atoms with van der Waals surface area (Å²) >= 11 is 0. The van der Waals surface area contributed by atoms with Crippen LogP contribution in [0.25, 0.3) is 0 Å². The Bertz CT molecular complexity index is 284. The van der Waals surface area contributed by atoms with Gasteiger partial charge in [-0.2, -0.15) is 0 Å². The van der Waals surface area contributed by atoms with Crippen LogP contribution in [0.15, 0.2) is 18.3 Å². The molecule has 0 spiro atoms. The molecule has 0 bridgehead atoms. The zero-order valence-electron chi connectivity index (χ0n) is 9.41. The fourth-order valence-corrected chi connectivity index (χ4v) is 1.46. The van der Waals surface area contributed by atoms with Crippen LogP contribution < -0.4 is 5.32 Å². The molecule has 1 rings (SSSR count). The van der Waals surface area contributed by atoms with E-state index >= 15 is 0 Å². The van der Waals surface area contributed by atoms with Gasteiger partial charge in [-0.3, -0.25) is 0 Å². The van der Waals surface area contributed by atoms with Crippen molar-refractivity contribution in [2.45, 2.75) is 19.9 Å². The van der Waals surface area contributed by atoms with Crippen molar-refractivity contribution in [1.82, 2.24) is 9.88 Å². The van der Waals surface area contributed by atoms with Gasteiger partial charge in [0.25, 0.3) is 0 Å². The molecule has 78 valence electrons. The Morgan fingerprint density at radius 1 is 1.50 bits per heavy atom. The first-order valence-electron chi connectivity index (χ1n) is 4.92. The molecule has 0 aromatic carbocycles. The predicted molar refractivity (Wildman–Crippen MR) is 60.6 cm³/mol. The third kappa shape index (κ3) is 3.75. The van der Waals surface area contributed by atoms with E-state index in [1.807, 2.05) is 12.3 Å². The Labute approximate surface area is 86.2 Å². The number of hydrogen-bond acceptors (Lipinski definition) is 3. The Morgan fingerprint density at radius 3 is 2.79 bits per heavy atom. The van der Waals surface area contributed by atoms with Crippen LogP contribution in [-0.4, -0.2) is 36.6 Å². The number of hydrogen-bond donors (Lipinski definition) is 1. The van der Waals surface area contributed by atoms with Gasteiger partial charge in [0.15, 0.2) is 0 Å². The van der Waals surface area contributed by atoms with Crippen LogP contribution in [0.1, 0.15) is 12.5 Å². The molecule has 3 heteroatoms. The third-order valence-corrected chi connectivity index (χ3v) is 1.95. The van der Waals surface area contributed by atoms with Crippen molar-refractivity contribution >= 4 is 5.82 Å². The highest BCUT2D eigenvalue weighted by Gasteiger charge is 2.03. The number of likely N-dealkylation sites (N-methyl/N-ethyl adjacent to an activating group) is 1. The van der Waals surface area contributed by atoms with E-state index in [4.69, 9.17) is 0 Å². The molecule has 1 atom stereocenters. The van der Waals surface area contributed by atoms with E-state index in [2.05, 4.69) is 49.2 Å². The second-order valence-electron chi connectivity index (χ2n) is 4.03. The maximum atomic E-state index is 4.26. The normalized spacial score (nSPS) is 12.9. The van der Waals surface area contributed by atoms with Crippen LogP contribution >= 0.6 is 0 Å². The second-order valence-corrected chi connectivity index (χ2v) is 4.03. The number of rotatable bonds is 4. The smallest absolute Gasteiger partial charge is 0.126 e. The summed E-state index contributed by atoms with van der Waals surface area (Å²) in [4.78, 5) is 6.42. The summed E-state index contributed by atoms with van der Waals surface area (Å²) in [5.74, 6) is 0.958. The molecule has 1 N–H and O–H groups in total. The van der Waals surface area contributed by atoms with Gasteiger partial charge >= 0.3 is 0 Å². The fourth-order valence-electron chi connectivity index (χ4n) is 1.46. The number of pyridine rings is 1. The summed E-state index contributed by atoms with van der Waals surface area (Å²) in [6, 6.07) is 4.48. The van der Waals surface area contributed by atoms with Crippen molar-refractivity contribution in [2.24, 2.45) is 0 Å². The summed E-state index contributed by atoms with van der Waals surface area (Å²) in [5, 5.41) is 3.36. The summed E-state index contributed by atoms with van der Waals surface area (Å²) in [7, 11) is 4.14. The van der Waals surface area contributed by atoms with Crippen molar-refractivity contribution in [3.8, 4) is 0 Å². The maximum absolute atomic E-state index is 4.26. The topological polar surface area (TPSA) is 28.2 Å². The molecule has 3 nitrogen and oxygen atoms in total. The number of aryl methyl sites for hydroxylation is 1. The molecule has 0 saturated heterocycles. The summed E-state index contributed by atoms with van der Waals surface area (Å²) < 4.78 is 0. The minimum Gasteiger partial charge on any atom is -0.366 e. The van der Waals surface area contributed by atoms with Gasteiger partial charge < -0.3 is 10.2 Å². The number of anilines is 1. The van der Waals surface area contributed by atoms with Gasteiger partial charge in [-0.05, 0) is 45.6 Å². The summed E-state index contributed by atoms with van der Waals surface area (Å²) in [6.45, 7) is 5.24. The minimum atomic E-state index is 0.416. The van der Waals surface area contributed by atoms with Crippen LogP contribution in [0.3, 0.4) is 0 Å². The van der Waals surface area contributed by atoms with Gasteiger partial charge in [-0.1, -0.05) is 0 Å². The molecule has 1 heterocycles. The van der Waals surface area contributed by atoms with E-state index in [1.165, 1.54) is 5.56 Å². The van der Waals surface area contributed by atoms with E-state index in [-0.39, 0.29) is 0 Å². The minimum absolute atomic E-state index is 0.416. The highest BCUT2D eigenvalue weighted by molar-refractivity contribution is 5.37. The predicted octanol–water partition coefficient (Wildman–Crippen LogP) is 1.75. The molecule has 1 unspecified atom stereocenters. The van der Waals surface area contributed by atoms with Crippen molar-refractivity contribution < 1.29 is 0 Å². The lowest BCUT2D eigenvalue weighted by molar-refractivity contribution is 0.392. The Balaban J connectivity index is 2.51. The Hall–Kier alpha value is -1.09. The average molecular weight is 193 g/mol. The molecule has 0 aliphatic carbocycles. The maximum Gasteiger partial charge on any atom is 0.126 e. The van der Waals surface area contributed by atoms with Crippen molar-refractivity contribution in [3.63, 3.8) is 0 Å². The standard InChI is InChI=1S/C11H19N3/c1-9-5-6-12-11(7-9)13-10(2)8-14(3)4/h5-7,10H,8H2,1-4H3,(H,12,13). The Kier molecular flexibility index (Phi) is 3.89. The molecule has 0 amide bonds. The molecule has 0 aliphatic rings. The lowest BCUT2D eigenvalue weighted by Crippen LogP contribution is -2.29. The molecule has 14 heavy (non-hydrogen) atoms. The number of nitrogens with zero attached hydrogens (tertiary/aromatic N) is 2. The molecule has 0 saturated carbocycles. The average Bonchev–Trinajstić information content (AvgIpc) is 2.01. The van der Waals surface area contributed by atoms with Crippen molar-refractivity contribution in [1.29, 1.82) is 0 Å². The molecule has 1 aromatic rings. The molecular weight excluding hydrogens is 174 g/mol. The SMILES string of the molecule is Cc1ccnc(NC(C)CN(C)C)c1. The fraction of sp³-hybridized carbons (Fsp3) is 0.545. The largest absolute Gasteiger partial charge is 0.366 e. The first-order valence-corrected chi connectivity index (χ1v) is 4.92. The molecule has 0 aliphatic heterocycles. The summed E-state index contributed by atoms with van der Waals surface area (Å²) in [6.07, 6.45) is 1.83. The lowest BCUT2D eigenvalue weighted by atomic mass is 10.2. The zero-order chi connectivity index (χ0) is 10.6. The quantitative estimate of drug-likeness (QED) is 0.789. The van der Waals surface area contributed by atoms with Gasteiger partial charge in [0.2, 0.25) is 0 Å². The monoisotopic (exact) mass is 193 g/mol. The van der Waals surface area contributed by atoms with E-state index in [0.29, 0.717) is 6.04 Å². The van der Waals surface area contributed by atoms with Crippen molar-refractivity contribution in [2.75, 3.05) is 26.0 Å². The third-order valence-electron chi connectivity index (χ3n) is 1.95. The molecule has 0 radical (unpaired) electrons.